The second-order valence-corrected chi connectivity index (χ2v) is 10.3. The fraction of sp³-hybridized carbons (Fsp3) is 0.345. The number of hydrogen-bond acceptors (Lipinski definition) is 5. The predicted molar refractivity (Wildman–Crippen MR) is 142 cm³/mol. The quantitative estimate of drug-likeness (QED) is 0.113. The van der Waals surface area contributed by atoms with Gasteiger partial charge in [0.15, 0.2) is 0 Å². The average Bonchev–Trinajstić information content (AvgIpc) is 3.63. The third kappa shape index (κ3) is 4.80. The lowest BCUT2D eigenvalue weighted by molar-refractivity contribution is -0.140. The largest absolute Gasteiger partial charge is 0.341 e. The van der Waals surface area contributed by atoms with Crippen molar-refractivity contribution in [1.29, 1.82) is 0 Å². The van der Waals surface area contributed by atoms with Gasteiger partial charge in [0, 0.05) is 46.4 Å². The van der Waals surface area contributed by atoms with E-state index < -0.39 is 5.97 Å². The van der Waals surface area contributed by atoms with Crippen molar-refractivity contribution in [3.63, 3.8) is 0 Å². The zero-order valence-corrected chi connectivity index (χ0v) is 21.1. The van der Waals surface area contributed by atoms with Crippen molar-refractivity contribution in [2.75, 3.05) is 0 Å². The SMILES string of the molecule is CCn1c2ccc(C(=O)c3cccs3)cc2c2cc(/C(CCC3CCCC3)=N/OC(C)=O)ccc21. The third-order valence-corrected chi connectivity index (χ3v) is 7.94. The van der Waals surface area contributed by atoms with Crippen molar-refractivity contribution in [3.05, 3.63) is 69.9 Å². The number of nitrogens with zero attached hydrogens (tertiary/aromatic N) is 2. The Morgan fingerprint density at radius 3 is 2.34 bits per heavy atom. The Morgan fingerprint density at radius 1 is 1.03 bits per heavy atom. The summed E-state index contributed by atoms with van der Waals surface area (Å²) in [6.07, 6.45) is 6.97. The molecule has 1 fully saturated rings. The molecule has 0 bridgehead atoms. The van der Waals surface area contributed by atoms with Crippen LogP contribution in [0, 0.1) is 5.92 Å². The van der Waals surface area contributed by atoms with Gasteiger partial charge >= 0.3 is 5.97 Å². The van der Waals surface area contributed by atoms with E-state index in [1.54, 1.807) is 0 Å². The summed E-state index contributed by atoms with van der Waals surface area (Å²) in [7, 11) is 0. The van der Waals surface area contributed by atoms with Gasteiger partial charge in [-0.25, -0.2) is 4.79 Å². The number of carbonyl (C=O) groups is 2. The Morgan fingerprint density at radius 2 is 1.71 bits per heavy atom. The van der Waals surface area contributed by atoms with Crippen LogP contribution in [0.25, 0.3) is 21.8 Å². The summed E-state index contributed by atoms with van der Waals surface area (Å²) in [5.74, 6) is 0.349. The van der Waals surface area contributed by atoms with Crippen LogP contribution in [0.1, 0.15) is 73.2 Å². The van der Waals surface area contributed by atoms with Crippen LogP contribution in [0.5, 0.6) is 0 Å². The average molecular weight is 487 g/mol. The molecule has 0 atom stereocenters. The highest BCUT2D eigenvalue weighted by atomic mass is 32.1. The molecule has 0 spiro atoms. The second-order valence-electron chi connectivity index (χ2n) is 9.32. The second kappa shape index (κ2) is 10.2. The Labute approximate surface area is 209 Å². The van der Waals surface area contributed by atoms with E-state index in [0.717, 1.165) is 57.3 Å². The lowest BCUT2D eigenvalue weighted by Crippen LogP contribution is -2.07. The zero-order valence-electron chi connectivity index (χ0n) is 20.3. The monoisotopic (exact) mass is 486 g/mol. The molecule has 0 radical (unpaired) electrons. The van der Waals surface area contributed by atoms with E-state index in [2.05, 4.69) is 34.8 Å². The minimum atomic E-state index is -0.413. The van der Waals surface area contributed by atoms with Gasteiger partial charge in [0.25, 0.3) is 0 Å². The summed E-state index contributed by atoms with van der Waals surface area (Å²) in [6.45, 7) is 4.34. The van der Waals surface area contributed by atoms with Gasteiger partial charge in [0.05, 0.1) is 10.6 Å². The lowest BCUT2D eigenvalue weighted by atomic mass is 9.96. The Bertz CT molecular complexity index is 1410. The van der Waals surface area contributed by atoms with Gasteiger partial charge in [-0.1, -0.05) is 43.0 Å². The van der Waals surface area contributed by atoms with Crippen molar-refractivity contribution in [2.24, 2.45) is 11.1 Å². The zero-order chi connectivity index (χ0) is 24.4. The Balaban J connectivity index is 1.58. The van der Waals surface area contributed by atoms with Crippen LogP contribution in [0.2, 0.25) is 0 Å². The first kappa shape index (κ1) is 23.5. The van der Waals surface area contributed by atoms with Crippen molar-refractivity contribution < 1.29 is 14.4 Å². The van der Waals surface area contributed by atoms with Crippen LogP contribution in [0.15, 0.2) is 59.1 Å². The molecule has 5 rings (SSSR count). The number of aryl methyl sites for hydroxylation is 1. The van der Waals surface area contributed by atoms with Crippen molar-refractivity contribution in [1.82, 2.24) is 4.57 Å². The van der Waals surface area contributed by atoms with Crippen LogP contribution < -0.4 is 0 Å². The van der Waals surface area contributed by atoms with Crippen LogP contribution in [-0.2, 0) is 16.2 Å². The molecule has 2 aromatic heterocycles. The molecular weight excluding hydrogens is 456 g/mol. The van der Waals surface area contributed by atoms with Crippen molar-refractivity contribution in [2.45, 2.75) is 58.9 Å². The number of rotatable bonds is 8. The van der Waals surface area contributed by atoms with Crippen LogP contribution in [0.4, 0.5) is 0 Å². The van der Waals surface area contributed by atoms with E-state index in [1.807, 2.05) is 35.7 Å². The number of aromatic nitrogens is 1. The molecule has 0 amide bonds. The summed E-state index contributed by atoms with van der Waals surface area (Å²) in [6, 6.07) is 16.1. The standard InChI is InChI=1S/C29H30N2O3S/c1-3-31-26-14-11-21(25(30-34-19(2)32)13-10-20-7-4-5-8-20)17-23(26)24-18-22(12-15-27(24)31)29(33)28-9-6-16-35-28/h6,9,11-12,14-18,20H,3-5,7-8,10,13H2,1-2H3/b30-25+. The first-order chi connectivity index (χ1) is 17.0. The number of thiophene rings is 1. The van der Waals surface area contributed by atoms with Gasteiger partial charge < -0.3 is 9.40 Å². The minimum absolute atomic E-state index is 0.0455. The van der Waals surface area contributed by atoms with Crippen LogP contribution in [-0.4, -0.2) is 22.0 Å². The fourth-order valence-corrected chi connectivity index (χ4v) is 6.00. The molecule has 35 heavy (non-hydrogen) atoms. The summed E-state index contributed by atoms with van der Waals surface area (Å²) >= 11 is 1.46. The molecule has 1 saturated carbocycles. The molecular formula is C29H30N2O3S. The molecule has 1 aliphatic carbocycles. The number of ketones is 1. The van der Waals surface area contributed by atoms with Crippen molar-refractivity contribution >= 4 is 50.6 Å². The molecule has 0 N–H and O–H groups in total. The van der Waals surface area contributed by atoms with Gasteiger partial charge in [-0.15, -0.1) is 11.3 Å². The molecule has 6 heteroatoms. The Kier molecular flexibility index (Phi) is 6.82. The number of fused-ring (bicyclic) bond motifs is 3. The molecule has 2 aromatic carbocycles. The van der Waals surface area contributed by atoms with Gasteiger partial charge in [-0.05, 0) is 67.5 Å². The maximum Gasteiger partial charge on any atom is 0.331 e. The minimum Gasteiger partial charge on any atom is -0.341 e. The molecule has 180 valence electrons. The highest BCUT2D eigenvalue weighted by Gasteiger charge is 2.19. The van der Waals surface area contributed by atoms with E-state index in [-0.39, 0.29) is 5.78 Å². The van der Waals surface area contributed by atoms with Gasteiger partial charge in [0.2, 0.25) is 5.78 Å². The third-order valence-electron chi connectivity index (χ3n) is 7.07. The first-order valence-corrected chi connectivity index (χ1v) is 13.3. The summed E-state index contributed by atoms with van der Waals surface area (Å²) in [4.78, 5) is 30.4. The summed E-state index contributed by atoms with van der Waals surface area (Å²) < 4.78 is 2.27. The molecule has 2 heterocycles. The predicted octanol–water partition coefficient (Wildman–Crippen LogP) is 7.34. The molecule has 0 aliphatic heterocycles. The molecule has 0 saturated heterocycles. The van der Waals surface area contributed by atoms with E-state index in [1.165, 1.54) is 43.9 Å². The molecule has 5 nitrogen and oxygen atoms in total. The molecule has 4 aromatic rings. The number of benzene rings is 2. The fourth-order valence-electron chi connectivity index (χ4n) is 5.32. The van der Waals surface area contributed by atoms with E-state index in [0.29, 0.717) is 11.5 Å². The highest BCUT2D eigenvalue weighted by molar-refractivity contribution is 7.12. The number of carbonyl (C=O) groups excluding carboxylic acids is 2. The van der Waals surface area contributed by atoms with Gasteiger partial charge in [-0.2, -0.15) is 0 Å². The van der Waals surface area contributed by atoms with Crippen molar-refractivity contribution in [3.8, 4) is 0 Å². The van der Waals surface area contributed by atoms with E-state index >= 15 is 0 Å². The number of oxime groups is 1. The highest BCUT2D eigenvalue weighted by Crippen LogP contribution is 2.33. The maximum absolute atomic E-state index is 13.0. The molecule has 0 unspecified atom stereocenters. The van der Waals surface area contributed by atoms with Crippen LogP contribution >= 0.6 is 11.3 Å². The van der Waals surface area contributed by atoms with Gasteiger partial charge in [0.1, 0.15) is 0 Å². The normalized spacial score (nSPS) is 14.7. The van der Waals surface area contributed by atoms with Gasteiger partial charge in [-0.3, -0.25) is 4.79 Å². The van der Waals surface area contributed by atoms with Crippen LogP contribution in [0.3, 0.4) is 0 Å². The summed E-state index contributed by atoms with van der Waals surface area (Å²) in [5.41, 5.74) is 4.68. The van der Waals surface area contributed by atoms with E-state index in [4.69, 9.17) is 4.84 Å². The maximum atomic E-state index is 13.0. The topological polar surface area (TPSA) is 60.7 Å². The molecule has 1 aliphatic rings. The van der Waals surface area contributed by atoms with E-state index in [9.17, 15) is 9.59 Å². The first-order valence-electron chi connectivity index (χ1n) is 12.4. The lowest BCUT2D eigenvalue weighted by Gasteiger charge is -2.11. The summed E-state index contributed by atoms with van der Waals surface area (Å²) in [5, 5.41) is 8.31. The smallest absolute Gasteiger partial charge is 0.331 e. The number of hydrogen-bond donors (Lipinski definition) is 0. The Hall–Kier alpha value is -3.25.